The average molecular weight is 384 g/mol. The number of rotatable bonds is 8. The third-order valence-corrected chi connectivity index (χ3v) is 4.90. The summed E-state index contributed by atoms with van der Waals surface area (Å²) in [5.74, 6) is 0.853. The zero-order valence-corrected chi connectivity index (χ0v) is 16.8. The molecular formula is C20H25N5OS. The van der Waals surface area contributed by atoms with Crippen molar-refractivity contribution in [2.24, 2.45) is 0 Å². The maximum atomic E-state index is 11.8. The normalized spacial score (nSPS) is 11.0. The van der Waals surface area contributed by atoms with E-state index < -0.39 is 0 Å². The standard InChI is InChI=1S/C20H25N5OS/c1-5-13-25-18(15-7-9-16(10-8-15)20(2,3)4)23-24-19(25)27-14-17(26)22-12-6-11-21/h5,7-10H,1,6,12-14H2,2-4H3,(H,22,26). The van der Waals surface area contributed by atoms with Gasteiger partial charge in [-0.3, -0.25) is 9.36 Å². The minimum Gasteiger partial charge on any atom is -0.354 e. The predicted octanol–water partition coefficient (Wildman–Crippen LogP) is 3.55. The van der Waals surface area contributed by atoms with Gasteiger partial charge < -0.3 is 5.32 Å². The van der Waals surface area contributed by atoms with E-state index in [0.29, 0.717) is 24.7 Å². The van der Waals surface area contributed by atoms with Gasteiger partial charge in [0.2, 0.25) is 5.91 Å². The average Bonchev–Trinajstić information content (AvgIpc) is 3.03. The van der Waals surface area contributed by atoms with Crippen molar-refractivity contribution in [3.05, 3.63) is 42.5 Å². The van der Waals surface area contributed by atoms with Crippen molar-refractivity contribution < 1.29 is 4.79 Å². The molecule has 0 atom stereocenters. The summed E-state index contributed by atoms with van der Waals surface area (Å²) >= 11 is 1.32. The van der Waals surface area contributed by atoms with Crippen LogP contribution in [0.25, 0.3) is 11.4 Å². The molecule has 0 saturated carbocycles. The topological polar surface area (TPSA) is 83.6 Å². The van der Waals surface area contributed by atoms with Gasteiger partial charge in [-0.1, -0.05) is 62.9 Å². The van der Waals surface area contributed by atoms with E-state index in [2.05, 4.69) is 55.0 Å². The summed E-state index contributed by atoms with van der Waals surface area (Å²) in [5.41, 5.74) is 2.32. The van der Waals surface area contributed by atoms with Crippen LogP contribution in [0.1, 0.15) is 32.8 Å². The van der Waals surface area contributed by atoms with Crippen LogP contribution in [-0.2, 0) is 16.8 Å². The Morgan fingerprint density at radius 1 is 1.33 bits per heavy atom. The highest BCUT2D eigenvalue weighted by molar-refractivity contribution is 7.99. The van der Waals surface area contributed by atoms with Crippen LogP contribution in [0.2, 0.25) is 0 Å². The first-order valence-electron chi connectivity index (χ1n) is 8.78. The number of nitrogens with one attached hydrogen (secondary N) is 1. The largest absolute Gasteiger partial charge is 0.354 e. The number of nitrogens with zero attached hydrogens (tertiary/aromatic N) is 4. The second-order valence-corrected chi connectivity index (χ2v) is 8.02. The molecule has 6 nitrogen and oxygen atoms in total. The third kappa shape index (κ3) is 5.69. The quantitative estimate of drug-likeness (QED) is 0.428. The minimum absolute atomic E-state index is 0.0905. The SMILES string of the molecule is C=CCn1c(SCC(=O)NCCC#N)nnc1-c1ccc(C(C)(C)C)cc1. The second-order valence-electron chi connectivity index (χ2n) is 7.08. The van der Waals surface area contributed by atoms with E-state index in [1.807, 2.05) is 22.8 Å². The van der Waals surface area contributed by atoms with Crippen molar-refractivity contribution in [2.75, 3.05) is 12.3 Å². The molecule has 0 fully saturated rings. The van der Waals surface area contributed by atoms with Gasteiger partial charge in [-0.05, 0) is 11.0 Å². The van der Waals surface area contributed by atoms with Gasteiger partial charge in [0.15, 0.2) is 11.0 Å². The summed E-state index contributed by atoms with van der Waals surface area (Å²) in [6.45, 7) is 11.3. The smallest absolute Gasteiger partial charge is 0.230 e. The molecule has 0 aliphatic carbocycles. The number of allylic oxidation sites excluding steroid dienone is 1. The van der Waals surface area contributed by atoms with Crippen molar-refractivity contribution in [1.29, 1.82) is 5.26 Å². The number of amides is 1. The number of carbonyl (C=O) groups is 1. The molecule has 0 saturated heterocycles. The lowest BCUT2D eigenvalue weighted by molar-refractivity contribution is -0.118. The number of thioether (sulfide) groups is 1. The number of aromatic nitrogens is 3. The lowest BCUT2D eigenvalue weighted by Gasteiger charge is -2.19. The molecule has 1 aromatic heterocycles. The van der Waals surface area contributed by atoms with Crippen LogP contribution in [0.4, 0.5) is 0 Å². The molecule has 1 aromatic carbocycles. The molecule has 0 bridgehead atoms. The fraction of sp³-hybridized carbons (Fsp3) is 0.400. The zero-order chi connectivity index (χ0) is 19.9. The molecule has 2 rings (SSSR count). The lowest BCUT2D eigenvalue weighted by Crippen LogP contribution is -2.26. The van der Waals surface area contributed by atoms with Crippen LogP contribution >= 0.6 is 11.8 Å². The Balaban J connectivity index is 2.16. The van der Waals surface area contributed by atoms with Crippen LogP contribution in [0.3, 0.4) is 0 Å². The fourth-order valence-corrected chi connectivity index (χ4v) is 3.24. The zero-order valence-electron chi connectivity index (χ0n) is 16.0. The highest BCUT2D eigenvalue weighted by Crippen LogP contribution is 2.27. The summed E-state index contributed by atoms with van der Waals surface area (Å²) in [7, 11) is 0. The van der Waals surface area contributed by atoms with E-state index in [9.17, 15) is 4.79 Å². The minimum atomic E-state index is -0.125. The van der Waals surface area contributed by atoms with Crippen LogP contribution in [0.15, 0.2) is 42.1 Å². The van der Waals surface area contributed by atoms with Gasteiger partial charge >= 0.3 is 0 Å². The van der Waals surface area contributed by atoms with Gasteiger partial charge in [-0.15, -0.1) is 16.8 Å². The molecule has 27 heavy (non-hydrogen) atoms. The van der Waals surface area contributed by atoms with Gasteiger partial charge in [-0.2, -0.15) is 5.26 Å². The highest BCUT2D eigenvalue weighted by Gasteiger charge is 2.17. The van der Waals surface area contributed by atoms with Gasteiger partial charge in [0, 0.05) is 18.7 Å². The Labute approximate surface area is 164 Å². The first-order valence-corrected chi connectivity index (χ1v) is 9.77. The molecule has 0 aliphatic rings. The first-order chi connectivity index (χ1) is 12.9. The van der Waals surface area contributed by atoms with Gasteiger partial charge in [0.05, 0.1) is 18.2 Å². The van der Waals surface area contributed by atoms with Crippen molar-refractivity contribution in [3.8, 4) is 17.5 Å². The monoisotopic (exact) mass is 383 g/mol. The summed E-state index contributed by atoms with van der Waals surface area (Å²) in [4.78, 5) is 11.8. The molecule has 1 amide bonds. The Bertz CT molecular complexity index is 828. The summed E-state index contributed by atoms with van der Waals surface area (Å²) in [6, 6.07) is 10.3. The molecule has 142 valence electrons. The Morgan fingerprint density at radius 3 is 2.63 bits per heavy atom. The van der Waals surface area contributed by atoms with Crippen LogP contribution in [0.5, 0.6) is 0 Å². The van der Waals surface area contributed by atoms with E-state index in [4.69, 9.17) is 5.26 Å². The molecule has 0 aliphatic heterocycles. The predicted molar refractivity (Wildman–Crippen MR) is 108 cm³/mol. The number of nitriles is 1. The van der Waals surface area contributed by atoms with E-state index in [-0.39, 0.29) is 17.1 Å². The van der Waals surface area contributed by atoms with E-state index in [0.717, 1.165) is 11.4 Å². The van der Waals surface area contributed by atoms with Crippen molar-refractivity contribution in [2.45, 2.75) is 44.3 Å². The maximum Gasteiger partial charge on any atom is 0.230 e. The number of hydrogen-bond acceptors (Lipinski definition) is 5. The molecule has 0 spiro atoms. The number of benzene rings is 1. The maximum absolute atomic E-state index is 11.8. The third-order valence-electron chi connectivity index (χ3n) is 3.93. The molecule has 2 aromatic rings. The summed E-state index contributed by atoms with van der Waals surface area (Å²) in [6.07, 6.45) is 2.09. The Morgan fingerprint density at radius 2 is 2.04 bits per heavy atom. The van der Waals surface area contributed by atoms with Crippen LogP contribution in [0, 0.1) is 11.3 Å². The second kappa shape index (κ2) is 9.38. The van der Waals surface area contributed by atoms with Crippen molar-refractivity contribution >= 4 is 17.7 Å². The molecule has 0 radical (unpaired) electrons. The summed E-state index contributed by atoms with van der Waals surface area (Å²) < 4.78 is 1.95. The van der Waals surface area contributed by atoms with E-state index in [1.54, 1.807) is 6.08 Å². The molecule has 7 heteroatoms. The lowest BCUT2D eigenvalue weighted by atomic mass is 9.87. The molecule has 1 heterocycles. The van der Waals surface area contributed by atoms with Gasteiger partial charge in [-0.25, -0.2) is 0 Å². The van der Waals surface area contributed by atoms with Crippen molar-refractivity contribution in [3.63, 3.8) is 0 Å². The van der Waals surface area contributed by atoms with Gasteiger partial charge in [0.25, 0.3) is 0 Å². The number of hydrogen-bond donors (Lipinski definition) is 1. The van der Waals surface area contributed by atoms with E-state index >= 15 is 0 Å². The van der Waals surface area contributed by atoms with Crippen LogP contribution < -0.4 is 5.32 Å². The molecule has 0 unspecified atom stereocenters. The first kappa shape index (κ1) is 20.7. The highest BCUT2D eigenvalue weighted by atomic mass is 32.2. The van der Waals surface area contributed by atoms with Gasteiger partial charge in [0.1, 0.15) is 0 Å². The Kier molecular flexibility index (Phi) is 7.19. The number of carbonyl (C=O) groups excluding carboxylic acids is 1. The fourth-order valence-electron chi connectivity index (χ4n) is 2.46. The molecule has 1 N–H and O–H groups in total. The van der Waals surface area contributed by atoms with Crippen molar-refractivity contribution in [1.82, 2.24) is 20.1 Å². The molecular weight excluding hydrogens is 358 g/mol. The van der Waals surface area contributed by atoms with E-state index in [1.165, 1.54) is 17.3 Å². The summed E-state index contributed by atoms with van der Waals surface area (Å²) in [5, 5.41) is 20.5. The van der Waals surface area contributed by atoms with Crippen LogP contribution in [-0.4, -0.2) is 33.0 Å². The Hall–Kier alpha value is -2.59.